The Hall–Kier alpha value is -1.43. The van der Waals surface area contributed by atoms with E-state index < -0.39 is 0 Å². The molecule has 0 fully saturated rings. The van der Waals surface area contributed by atoms with Crippen LogP contribution in [0.5, 0.6) is 0 Å². The summed E-state index contributed by atoms with van der Waals surface area (Å²) in [5, 5.41) is 3.40. The van der Waals surface area contributed by atoms with Crippen LogP contribution in [0.15, 0.2) is 47.5 Å². The van der Waals surface area contributed by atoms with Crippen LogP contribution in [-0.2, 0) is 10.5 Å². The van der Waals surface area contributed by atoms with Gasteiger partial charge in [-0.05, 0) is 36.2 Å². The van der Waals surface area contributed by atoms with Gasteiger partial charge < -0.3 is 5.32 Å². The first-order valence-electron chi connectivity index (χ1n) is 7.10. The van der Waals surface area contributed by atoms with Crippen LogP contribution in [0.4, 0.5) is 11.4 Å². The van der Waals surface area contributed by atoms with Gasteiger partial charge in [0.25, 0.3) is 0 Å². The van der Waals surface area contributed by atoms with Crippen LogP contribution in [-0.4, -0.2) is 16.0 Å². The van der Waals surface area contributed by atoms with Crippen LogP contribution in [0.1, 0.15) is 11.1 Å². The number of hydrogen-bond acceptors (Lipinski definition) is 4. The first-order chi connectivity index (χ1) is 11.1. The summed E-state index contributed by atoms with van der Waals surface area (Å²) >= 11 is 9.25. The minimum atomic E-state index is -0.0806. The third kappa shape index (κ3) is 4.31. The molecule has 6 heteroatoms. The molecule has 23 heavy (non-hydrogen) atoms. The standard InChI is InChI=1S/C17H15ClN2OS2/c1-11-6-7-15(13(18)8-11)19-16(21)10-23-17-20-14-5-3-2-4-12(14)9-22-17/h2-8H,9-10H2,1H3,(H,19,21). The Morgan fingerprint density at radius 1 is 1.35 bits per heavy atom. The Morgan fingerprint density at radius 3 is 3.00 bits per heavy atom. The molecule has 1 N–H and O–H groups in total. The number of hydrogen-bond donors (Lipinski definition) is 1. The zero-order valence-electron chi connectivity index (χ0n) is 12.5. The predicted octanol–water partition coefficient (Wildman–Crippen LogP) is 5.25. The summed E-state index contributed by atoms with van der Waals surface area (Å²) in [5.74, 6) is 1.13. The number of carbonyl (C=O) groups is 1. The van der Waals surface area contributed by atoms with E-state index in [4.69, 9.17) is 11.6 Å². The largest absolute Gasteiger partial charge is 0.324 e. The molecule has 118 valence electrons. The first-order valence-corrected chi connectivity index (χ1v) is 9.45. The minimum absolute atomic E-state index is 0.0806. The normalized spacial score (nSPS) is 13.2. The first kappa shape index (κ1) is 16.4. The highest BCUT2D eigenvalue weighted by Gasteiger charge is 2.14. The van der Waals surface area contributed by atoms with Crippen molar-refractivity contribution in [2.24, 2.45) is 4.99 Å². The van der Waals surface area contributed by atoms with Crippen LogP contribution in [0, 0.1) is 6.92 Å². The van der Waals surface area contributed by atoms with Gasteiger partial charge in [-0.1, -0.05) is 59.4 Å². The molecular formula is C17H15ClN2OS2. The summed E-state index contributed by atoms with van der Waals surface area (Å²) in [7, 11) is 0. The molecule has 2 aromatic rings. The van der Waals surface area contributed by atoms with Crippen molar-refractivity contribution in [3.05, 3.63) is 58.6 Å². The van der Waals surface area contributed by atoms with Crippen molar-refractivity contribution in [3.63, 3.8) is 0 Å². The lowest BCUT2D eigenvalue weighted by atomic mass is 10.2. The number of nitrogens with zero attached hydrogens (tertiary/aromatic N) is 1. The second kappa shape index (κ2) is 7.43. The van der Waals surface area contributed by atoms with Crippen molar-refractivity contribution in [1.29, 1.82) is 0 Å². The number of aryl methyl sites for hydroxylation is 1. The van der Waals surface area contributed by atoms with Gasteiger partial charge in [-0.2, -0.15) is 0 Å². The quantitative estimate of drug-likeness (QED) is 0.810. The summed E-state index contributed by atoms with van der Waals surface area (Å²) in [6.07, 6.45) is 0. The molecule has 3 nitrogen and oxygen atoms in total. The number of rotatable bonds is 3. The highest BCUT2D eigenvalue weighted by Crippen LogP contribution is 2.34. The van der Waals surface area contributed by atoms with Crippen molar-refractivity contribution in [2.45, 2.75) is 12.7 Å². The Labute approximate surface area is 148 Å². The molecule has 0 saturated carbocycles. The Bertz CT molecular complexity index is 777. The van der Waals surface area contributed by atoms with Crippen molar-refractivity contribution in [3.8, 4) is 0 Å². The van der Waals surface area contributed by atoms with Gasteiger partial charge in [0.2, 0.25) is 5.91 Å². The molecule has 3 rings (SSSR count). The van der Waals surface area contributed by atoms with Gasteiger partial charge in [0.05, 0.1) is 22.2 Å². The Morgan fingerprint density at radius 2 is 2.17 bits per heavy atom. The van der Waals surface area contributed by atoms with Gasteiger partial charge in [0.15, 0.2) is 0 Å². The zero-order chi connectivity index (χ0) is 16.2. The van der Waals surface area contributed by atoms with E-state index in [1.807, 2.05) is 43.3 Å². The fourth-order valence-electron chi connectivity index (χ4n) is 2.12. The average molecular weight is 363 g/mol. The molecular weight excluding hydrogens is 348 g/mol. The van der Waals surface area contributed by atoms with Gasteiger partial charge in [-0.15, -0.1) is 0 Å². The second-order valence-corrected chi connectivity index (χ2v) is 7.71. The van der Waals surface area contributed by atoms with E-state index in [1.165, 1.54) is 17.3 Å². The molecule has 0 bridgehead atoms. The van der Waals surface area contributed by atoms with Crippen molar-refractivity contribution in [1.82, 2.24) is 0 Å². The highest BCUT2D eigenvalue weighted by molar-refractivity contribution is 8.38. The van der Waals surface area contributed by atoms with Crippen molar-refractivity contribution >= 4 is 56.8 Å². The fourth-order valence-corrected chi connectivity index (χ4v) is 4.27. The van der Waals surface area contributed by atoms with Gasteiger partial charge in [0.1, 0.15) is 4.38 Å². The van der Waals surface area contributed by atoms with E-state index in [-0.39, 0.29) is 5.91 Å². The van der Waals surface area contributed by atoms with Crippen LogP contribution >= 0.6 is 35.1 Å². The molecule has 0 unspecified atom stereocenters. The van der Waals surface area contributed by atoms with E-state index in [9.17, 15) is 4.79 Å². The molecule has 0 spiro atoms. The van der Waals surface area contributed by atoms with Crippen molar-refractivity contribution in [2.75, 3.05) is 11.1 Å². The molecule has 0 aromatic heterocycles. The maximum Gasteiger partial charge on any atom is 0.234 e. The lowest BCUT2D eigenvalue weighted by Gasteiger charge is -2.14. The molecule has 0 aliphatic carbocycles. The number of halogens is 1. The minimum Gasteiger partial charge on any atom is -0.324 e. The molecule has 0 saturated heterocycles. The number of carbonyl (C=O) groups excluding carboxylic acids is 1. The molecule has 0 atom stereocenters. The molecule has 1 heterocycles. The van der Waals surface area contributed by atoms with Crippen LogP contribution in [0.25, 0.3) is 0 Å². The Kier molecular flexibility index (Phi) is 5.30. The number of thioether (sulfide) groups is 2. The van der Waals surface area contributed by atoms with Gasteiger partial charge >= 0.3 is 0 Å². The summed E-state index contributed by atoms with van der Waals surface area (Å²) < 4.78 is 0.925. The maximum atomic E-state index is 12.1. The fraction of sp³-hybridized carbons (Fsp3) is 0.176. The summed E-state index contributed by atoms with van der Waals surface area (Å²) in [6.45, 7) is 1.96. The Balaban J connectivity index is 1.58. The van der Waals surface area contributed by atoms with E-state index in [0.717, 1.165) is 21.4 Å². The number of amides is 1. The smallest absolute Gasteiger partial charge is 0.234 e. The van der Waals surface area contributed by atoms with E-state index in [0.29, 0.717) is 16.5 Å². The zero-order valence-corrected chi connectivity index (χ0v) is 14.9. The van der Waals surface area contributed by atoms with Crippen LogP contribution < -0.4 is 5.32 Å². The number of benzene rings is 2. The van der Waals surface area contributed by atoms with Gasteiger partial charge in [0, 0.05) is 5.75 Å². The predicted molar refractivity (Wildman–Crippen MR) is 102 cm³/mol. The lowest BCUT2D eigenvalue weighted by Crippen LogP contribution is -2.15. The molecule has 1 aliphatic heterocycles. The highest BCUT2D eigenvalue weighted by atomic mass is 35.5. The third-order valence-electron chi connectivity index (χ3n) is 3.28. The average Bonchev–Trinajstić information content (AvgIpc) is 2.55. The number of aliphatic imine (C=N–C) groups is 1. The third-order valence-corrected chi connectivity index (χ3v) is 5.84. The number of nitrogens with one attached hydrogen (secondary N) is 1. The molecule has 2 aromatic carbocycles. The summed E-state index contributed by atoms with van der Waals surface area (Å²) in [6, 6.07) is 13.7. The van der Waals surface area contributed by atoms with Gasteiger partial charge in [-0.25, -0.2) is 4.99 Å². The van der Waals surface area contributed by atoms with Crippen molar-refractivity contribution < 1.29 is 4.79 Å². The molecule has 1 amide bonds. The van der Waals surface area contributed by atoms with Crippen LogP contribution in [0.2, 0.25) is 5.02 Å². The second-order valence-electron chi connectivity index (χ2n) is 5.12. The number of para-hydroxylation sites is 1. The van der Waals surface area contributed by atoms with E-state index in [1.54, 1.807) is 11.8 Å². The summed E-state index contributed by atoms with van der Waals surface area (Å²) in [5.41, 5.74) is 3.94. The van der Waals surface area contributed by atoms with Crippen LogP contribution in [0.3, 0.4) is 0 Å². The SMILES string of the molecule is Cc1ccc(NC(=O)CSC2=Nc3ccccc3CS2)c(Cl)c1. The molecule has 1 aliphatic rings. The number of fused-ring (bicyclic) bond motifs is 1. The monoisotopic (exact) mass is 362 g/mol. The number of anilines is 1. The topological polar surface area (TPSA) is 41.5 Å². The summed E-state index contributed by atoms with van der Waals surface area (Å²) in [4.78, 5) is 16.7. The van der Waals surface area contributed by atoms with E-state index in [2.05, 4.69) is 16.4 Å². The lowest BCUT2D eigenvalue weighted by molar-refractivity contribution is -0.113. The van der Waals surface area contributed by atoms with Gasteiger partial charge in [-0.3, -0.25) is 4.79 Å². The maximum absolute atomic E-state index is 12.1. The molecule has 0 radical (unpaired) electrons. The van der Waals surface area contributed by atoms with E-state index >= 15 is 0 Å².